The van der Waals surface area contributed by atoms with Gasteiger partial charge in [-0.05, 0) is 47.3 Å². The monoisotopic (exact) mass is 540 g/mol. The summed E-state index contributed by atoms with van der Waals surface area (Å²) in [6, 6.07) is 22.9. The SMILES string of the molecule is CC1(C)CCC(C)(C)c2cc3[cH-]ccc3cc21.CC1(C)CCC(C)(C)c2cc3[cH-]ccc3cc21.[Zr+2]. The Balaban J connectivity index is 0.000000160. The molecule has 0 fully saturated rings. The molecule has 0 nitrogen and oxygen atoms in total. The summed E-state index contributed by atoms with van der Waals surface area (Å²) in [6.07, 6.45) is 5.16. The molecule has 35 heavy (non-hydrogen) atoms. The van der Waals surface area contributed by atoms with Crippen molar-refractivity contribution in [1.29, 1.82) is 0 Å². The van der Waals surface area contributed by atoms with E-state index in [1.54, 1.807) is 22.3 Å². The Bertz CT molecular complexity index is 1150. The molecular weight excluding hydrogens is 500 g/mol. The van der Waals surface area contributed by atoms with Crippen LogP contribution in [0.4, 0.5) is 0 Å². The van der Waals surface area contributed by atoms with Gasteiger partial charge in [0.1, 0.15) is 0 Å². The Morgan fingerprint density at radius 1 is 0.486 bits per heavy atom. The first-order valence-electron chi connectivity index (χ1n) is 13.2. The Morgan fingerprint density at radius 2 is 0.771 bits per heavy atom. The van der Waals surface area contributed by atoms with Crippen molar-refractivity contribution in [3.05, 3.63) is 82.9 Å². The van der Waals surface area contributed by atoms with Gasteiger partial charge in [-0.25, -0.2) is 0 Å². The minimum absolute atomic E-state index is 0. The van der Waals surface area contributed by atoms with Gasteiger partial charge in [0.2, 0.25) is 0 Å². The maximum atomic E-state index is 2.42. The van der Waals surface area contributed by atoms with Crippen LogP contribution in [-0.4, -0.2) is 0 Å². The molecule has 4 aromatic rings. The summed E-state index contributed by atoms with van der Waals surface area (Å²) in [5.74, 6) is 0. The Hall–Kier alpha value is -1.46. The van der Waals surface area contributed by atoms with E-state index in [4.69, 9.17) is 0 Å². The standard InChI is InChI=1S/2C17H21.Zr/c2*1-16(2)8-9-17(3,4)15-11-13-7-5-6-12(13)10-14(15)16;/h2*5-7,10-11H,8-9H2,1-4H3;/q2*-1;+2. The van der Waals surface area contributed by atoms with Crippen LogP contribution in [0, 0.1) is 0 Å². The fraction of sp³-hybridized carbons (Fsp3) is 0.471. The van der Waals surface area contributed by atoms with Crippen molar-refractivity contribution in [2.24, 2.45) is 0 Å². The topological polar surface area (TPSA) is 0 Å². The molecule has 2 aliphatic carbocycles. The van der Waals surface area contributed by atoms with Gasteiger partial charge in [0.05, 0.1) is 0 Å². The van der Waals surface area contributed by atoms with Crippen LogP contribution in [0.5, 0.6) is 0 Å². The number of benzene rings is 2. The van der Waals surface area contributed by atoms with Crippen molar-refractivity contribution in [3.8, 4) is 0 Å². The Kier molecular flexibility index (Phi) is 6.71. The molecular formula is C34H42Zr. The van der Waals surface area contributed by atoms with E-state index < -0.39 is 0 Å². The van der Waals surface area contributed by atoms with E-state index >= 15 is 0 Å². The summed E-state index contributed by atoms with van der Waals surface area (Å²) in [4.78, 5) is 0. The van der Waals surface area contributed by atoms with Crippen molar-refractivity contribution < 1.29 is 26.2 Å². The maximum absolute atomic E-state index is 2.42. The van der Waals surface area contributed by atoms with Crippen molar-refractivity contribution >= 4 is 21.5 Å². The largest absolute Gasteiger partial charge is 2.00 e. The predicted octanol–water partition coefficient (Wildman–Crippen LogP) is 9.81. The van der Waals surface area contributed by atoms with Gasteiger partial charge < -0.3 is 0 Å². The minimum Gasteiger partial charge on any atom is -0.168 e. The van der Waals surface area contributed by atoms with E-state index in [2.05, 4.69) is 116 Å². The van der Waals surface area contributed by atoms with Crippen molar-refractivity contribution in [2.75, 3.05) is 0 Å². The Morgan fingerprint density at radius 3 is 1.09 bits per heavy atom. The number of hydrogen-bond donors (Lipinski definition) is 0. The second kappa shape index (κ2) is 8.83. The molecule has 2 aliphatic rings. The van der Waals surface area contributed by atoms with Crippen LogP contribution in [0.1, 0.15) is 103 Å². The van der Waals surface area contributed by atoms with Crippen LogP contribution in [0.2, 0.25) is 0 Å². The van der Waals surface area contributed by atoms with Crippen molar-refractivity contribution in [3.63, 3.8) is 0 Å². The predicted molar refractivity (Wildman–Crippen MR) is 150 cm³/mol. The van der Waals surface area contributed by atoms with E-state index in [-0.39, 0.29) is 26.2 Å². The maximum Gasteiger partial charge on any atom is 2.00 e. The molecule has 0 spiro atoms. The molecule has 0 amide bonds. The van der Waals surface area contributed by atoms with E-state index in [0.717, 1.165) is 0 Å². The molecule has 0 aliphatic heterocycles. The summed E-state index contributed by atoms with van der Waals surface area (Å²) in [7, 11) is 0. The normalized spacial score (nSPS) is 20.8. The van der Waals surface area contributed by atoms with E-state index in [9.17, 15) is 0 Å². The molecule has 0 saturated carbocycles. The summed E-state index contributed by atoms with van der Waals surface area (Å²) < 4.78 is 0. The van der Waals surface area contributed by atoms with Gasteiger partial charge >= 0.3 is 26.2 Å². The molecule has 0 radical (unpaired) electrons. The zero-order chi connectivity index (χ0) is 24.5. The van der Waals surface area contributed by atoms with Crippen LogP contribution in [0.3, 0.4) is 0 Å². The van der Waals surface area contributed by atoms with E-state index in [1.807, 2.05) is 0 Å². The van der Waals surface area contributed by atoms with Gasteiger partial charge in [-0.1, -0.05) is 77.6 Å². The fourth-order valence-electron chi connectivity index (χ4n) is 6.38. The van der Waals surface area contributed by atoms with Crippen LogP contribution in [0.15, 0.2) is 60.7 Å². The first kappa shape index (κ1) is 26.6. The van der Waals surface area contributed by atoms with Gasteiger partial charge in [0.15, 0.2) is 0 Å². The van der Waals surface area contributed by atoms with Gasteiger partial charge in [0.25, 0.3) is 0 Å². The molecule has 182 valence electrons. The third kappa shape index (κ3) is 4.68. The third-order valence-electron chi connectivity index (χ3n) is 9.22. The second-order valence-corrected chi connectivity index (χ2v) is 13.6. The molecule has 1 heteroatoms. The van der Waals surface area contributed by atoms with Crippen LogP contribution in [0.25, 0.3) is 21.5 Å². The van der Waals surface area contributed by atoms with Crippen LogP contribution < -0.4 is 0 Å². The smallest absolute Gasteiger partial charge is 0.168 e. The van der Waals surface area contributed by atoms with Crippen molar-refractivity contribution in [1.82, 2.24) is 0 Å². The van der Waals surface area contributed by atoms with Gasteiger partial charge in [-0.15, -0.1) is 57.9 Å². The summed E-state index contributed by atoms with van der Waals surface area (Å²) in [5.41, 5.74) is 7.57. The van der Waals surface area contributed by atoms with E-state index in [0.29, 0.717) is 21.7 Å². The zero-order valence-corrected chi connectivity index (χ0v) is 25.6. The average Bonchev–Trinajstić information content (AvgIpc) is 3.42. The van der Waals surface area contributed by atoms with Gasteiger partial charge in [0, 0.05) is 0 Å². The summed E-state index contributed by atoms with van der Waals surface area (Å²) in [5, 5.41) is 5.59. The quantitative estimate of drug-likeness (QED) is 0.194. The molecule has 0 bridgehead atoms. The number of rotatable bonds is 0. The van der Waals surface area contributed by atoms with E-state index in [1.165, 1.54) is 47.2 Å². The molecule has 0 heterocycles. The van der Waals surface area contributed by atoms with Gasteiger partial charge in [-0.3, -0.25) is 0 Å². The average molecular weight is 542 g/mol. The third-order valence-corrected chi connectivity index (χ3v) is 9.22. The molecule has 6 rings (SSSR count). The summed E-state index contributed by atoms with van der Waals surface area (Å²) >= 11 is 0. The van der Waals surface area contributed by atoms with Crippen LogP contribution in [-0.2, 0) is 47.9 Å². The summed E-state index contributed by atoms with van der Waals surface area (Å²) in [6.45, 7) is 19.1. The molecule has 0 aromatic heterocycles. The molecule has 0 saturated heterocycles. The Labute approximate surface area is 232 Å². The molecule has 4 aromatic carbocycles. The van der Waals surface area contributed by atoms with Crippen molar-refractivity contribution in [2.45, 2.75) is 103 Å². The van der Waals surface area contributed by atoms with Gasteiger partial charge in [-0.2, -0.15) is 24.3 Å². The first-order valence-corrected chi connectivity index (χ1v) is 13.2. The second-order valence-electron chi connectivity index (χ2n) is 13.6. The number of fused-ring (bicyclic) bond motifs is 4. The van der Waals surface area contributed by atoms with Crippen LogP contribution >= 0.6 is 0 Å². The number of hydrogen-bond acceptors (Lipinski definition) is 0. The zero-order valence-electron chi connectivity index (χ0n) is 23.1. The minimum atomic E-state index is 0. The molecule has 0 unspecified atom stereocenters. The fourth-order valence-corrected chi connectivity index (χ4v) is 6.38. The molecule has 0 atom stereocenters. The molecule has 0 N–H and O–H groups in total. The first-order chi connectivity index (χ1) is 15.8.